The van der Waals surface area contributed by atoms with Crippen molar-refractivity contribution in [2.75, 3.05) is 12.4 Å². The summed E-state index contributed by atoms with van der Waals surface area (Å²) in [5, 5.41) is 12.4. The number of methoxy groups -OCH3 is 1. The van der Waals surface area contributed by atoms with E-state index in [2.05, 4.69) is 25.2 Å². The molecular formula is C13H18N2O. The maximum absolute atomic E-state index is 9.04. The Morgan fingerprint density at radius 3 is 2.81 bits per heavy atom. The van der Waals surface area contributed by atoms with E-state index < -0.39 is 0 Å². The summed E-state index contributed by atoms with van der Waals surface area (Å²) >= 11 is 0. The minimum Gasteiger partial charge on any atom is -0.495 e. The smallest absolute Gasteiger partial charge is 0.143 e. The van der Waals surface area contributed by atoms with Gasteiger partial charge in [-0.3, -0.25) is 0 Å². The Morgan fingerprint density at radius 2 is 2.25 bits per heavy atom. The molecular weight excluding hydrogens is 200 g/mol. The maximum atomic E-state index is 9.04. The molecule has 0 heterocycles. The van der Waals surface area contributed by atoms with E-state index >= 15 is 0 Å². The summed E-state index contributed by atoms with van der Waals surface area (Å²) in [5.74, 6) is 0.724. The summed E-state index contributed by atoms with van der Waals surface area (Å²) in [7, 11) is 1.62. The van der Waals surface area contributed by atoms with Gasteiger partial charge in [0.05, 0.1) is 18.4 Å². The molecule has 0 spiro atoms. The molecule has 3 nitrogen and oxygen atoms in total. The van der Waals surface area contributed by atoms with E-state index in [0.717, 1.165) is 24.3 Å². The monoisotopic (exact) mass is 218 g/mol. The van der Waals surface area contributed by atoms with Crippen LogP contribution in [-0.4, -0.2) is 13.2 Å². The van der Waals surface area contributed by atoms with Crippen LogP contribution in [0, 0.1) is 11.3 Å². The standard InChI is InChI=1S/C13H18N2O/c1-4-6-10(2)15-13-11(9-14)7-5-8-12(13)16-3/h5,7-8,10,15H,4,6H2,1-3H3. The molecule has 0 aliphatic carbocycles. The molecule has 86 valence electrons. The second kappa shape index (κ2) is 6.02. The van der Waals surface area contributed by atoms with Crippen molar-refractivity contribution in [2.45, 2.75) is 32.7 Å². The van der Waals surface area contributed by atoms with Crippen LogP contribution in [0.2, 0.25) is 0 Å². The molecule has 1 aromatic rings. The van der Waals surface area contributed by atoms with Crippen LogP contribution in [0.3, 0.4) is 0 Å². The van der Waals surface area contributed by atoms with Crippen molar-refractivity contribution in [3.05, 3.63) is 23.8 Å². The number of hydrogen-bond acceptors (Lipinski definition) is 3. The van der Waals surface area contributed by atoms with Gasteiger partial charge in [0.15, 0.2) is 0 Å². The summed E-state index contributed by atoms with van der Waals surface area (Å²) in [4.78, 5) is 0. The van der Waals surface area contributed by atoms with Gasteiger partial charge in [0, 0.05) is 6.04 Å². The molecule has 1 rings (SSSR count). The van der Waals surface area contributed by atoms with Crippen LogP contribution in [0.15, 0.2) is 18.2 Å². The third-order valence-corrected chi connectivity index (χ3v) is 2.48. The van der Waals surface area contributed by atoms with Crippen molar-refractivity contribution in [1.82, 2.24) is 0 Å². The molecule has 0 aromatic heterocycles. The van der Waals surface area contributed by atoms with Crippen LogP contribution in [0.1, 0.15) is 32.3 Å². The highest BCUT2D eigenvalue weighted by Crippen LogP contribution is 2.28. The zero-order valence-corrected chi connectivity index (χ0v) is 10.1. The van der Waals surface area contributed by atoms with Gasteiger partial charge in [-0.2, -0.15) is 5.26 Å². The fourth-order valence-corrected chi connectivity index (χ4v) is 1.69. The van der Waals surface area contributed by atoms with Gasteiger partial charge in [-0.25, -0.2) is 0 Å². The first kappa shape index (κ1) is 12.4. The molecule has 0 aliphatic heterocycles. The number of nitrogens with zero attached hydrogens (tertiary/aromatic N) is 1. The van der Waals surface area contributed by atoms with Crippen molar-refractivity contribution in [2.24, 2.45) is 0 Å². The SMILES string of the molecule is CCCC(C)Nc1c(C#N)cccc1OC. The number of ether oxygens (including phenoxy) is 1. The number of benzene rings is 1. The fraction of sp³-hybridized carbons (Fsp3) is 0.462. The topological polar surface area (TPSA) is 45.0 Å². The highest BCUT2D eigenvalue weighted by atomic mass is 16.5. The van der Waals surface area contributed by atoms with Gasteiger partial charge in [0.2, 0.25) is 0 Å². The van der Waals surface area contributed by atoms with Crippen molar-refractivity contribution >= 4 is 5.69 Å². The Hall–Kier alpha value is -1.69. The maximum Gasteiger partial charge on any atom is 0.143 e. The molecule has 0 radical (unpaired) electrons. The number of nitriles is 1. The van der Waals surface area contributed by atoms with Crippen LogP contribution in [0.5, 0.6) is 5.75 Å². The predicted molar refractivity (Wildman–Crippen MR) is 65.7 cm³/mol. The quantitative estimate of drug-likeness (QED) is 0.825. The average Bonchev–Trinajstić information content (AvgIpc) is 2.29. The van der Waals surface area contributed by atoms with Crippen LogP contribution in [-0.2, 0) is 0 Å². The van der Waals surface area contributed by atoms with Gasteiger partial charge < -0.3 is 10.1 Å². The minimum atomic E-state index is 0.341. The third kappa shape index (κ3) is 2.90. The molecule has 1 atom stereocenters. The van der Waals surface area contributed by atoms with Gasteiger partial charge in [0.25, 0.3) is 0 Å². The Morgan fingerprint density at radius 1 is 1.50 bits per heavy atom. The second-order valence-corrected chi connectivity index (χ2v) is 3.83. The molecule has 0 amide bonds. The number of hydrogen-bond donors (Lipinski definition) is 1. The number of anilines is 1. The lowest BCUT2D eigenvalue weighted by atomic mass is 10.1. The third-order valence-electron chi connectivity index (χ3n) is 2.48. The van der Waals surface area contributed by atoms with Gasteiger partial charge >= 0.3 is 0 Å². The number of rotatable bonds is 5. The predicted octanol–water partition coefficient (Wildman–Crippen LogP) is 3.17. The van der Waals surface area contributed by atoms with Gasteiger partial charge in [-0.15, -0.1) is 0 Å². The van der Waals surface area contributed by atoms with E-state index in [4.69, 9.17) is 10.00 Å². The second-order valence-electron chi connectivity index (χ2n) is 3.83. The van der Waals surface area contributed by atoms with E-state index in [-0.39, 0.29) is 0 Å². The highest BCUT2D eigenvalue weighted by Gasteiger charge is 2.10. The summed E-state index contributed by atoms with van der Waals surface area (Å²) in [5.41, 5.74) is 1.43. The molecule has 1 aromatic carbocycles. The van der Waals surface area contributed by atoms with Crippen molar-refractivity contribution < 1.29 is 4.74 Å². The van der Waals surface area contributed by atoms with E-state index in [0.29, 0.717) is 11.6 Å². The average molecular weight is 218 g/mol. The van der Waals surface area contributed by atoms with E-state index in [1.165, 1.54) is 0 Å². The molecule has 1 unspecified atom stereocenters. The Kier molecular flexibility index (Phi) is 4.65. The lowest BCUT2D eigenvalue weighted by molar-refractivity contribution is 0.415. The summed E-state index contributed by atoms with van der Waals surface area (Å²) in [6.45, 7) is 4.25. The normalized spacial score (nSPS) is 11.6. The Labute approximate surface area is 97.0 Å². The Balaban J connectivity index is 2.96. The van der Waals surface area contributed by atoms with E-state index in [1.54, 1.807) is 13.2 Å². The minimum absolute atomic E-state index is 0.341. The van der Waals surface area contributed by atoms with Crippen LogP contribution < -0.4 is 10.1 Å². The van der Waals surface area contributed by atoms with Crippen molar-refractivity contribution in [1.29, 1.82) is 5.26 Å². The van der Waals surface area contributed by atoms with Crippen molar-refractivity contribution in [3.8, 4) is 11.8 Å². The van der Waals surface area contributed by atoms with Crippen LogP contribution >= 0.6 is 0 Å². The Bertz CT molecular complexity index is 382. The molecule has 16 heavy (non-hydrogen) atoms. The zero-order chi connectivity index (χ0) is 12.0. The van der Waals surface area contributed by atoms with Crippen LogP contribution in [0.25, 0.3) is 0 Å². The lowest BCUT2D eigenvalue weighted by Gasteiger charge is -2.17. The van der Waals surface area contributed by atoms with Gasteiger partial charge in [-0.1, -0.05) is 19.4 Å². The molecule has 3 heteroatoms. The summed E-state index contributed by atoms with van der Waals surface area (Å²) < 4.78 is 5.25. The van der Waals surface area contributed by atoms with E-state index in [9.17, 15) is 0 Å². The first-order valence-electron chi connectivity index (χ1n) is 5.56. The fourth-order valence-electron chi connectivity index (χ4n) is 1.69. The van der Waals surface area contributed by atoms with E-state index in [1.807, 2.05) is 12.1 Å². The number of para-hydroxylation sites is 1. The number of nitrogens with one attached hydrogen (secondary N) is 1. The van der Waals surface area contributed by atoms with Crippen molar-refractivity contribution in [3.63, 3.8) is 0 Å². The molecule has 0 aliphatic rings. The zero-order valence-electron chi connectivity index (χ0n) is 10.1. The molecule has 0 saturated carbocycles. The lowest BCUT2D eigenvalue weighted by Crippen LogP contribution is -2.16. The first-order chi connectivity index (χ1) is 7.72. The molecule has 0 saturated heterocycles. The first-order valence-corrected chi connectivity index (χ1v) is 5.56. The van der Waals surface area contributed by atoms with Gasteiger partial charge in [0.1, 0.15) is 11.8 Å². The van der Waals surface area contributed by atoms with Crippen LogP contribution in [0.4, 0.5) is 5.69 Å². The largest absolute Gasteiger partial charge is 0.495 e. The van der Waals surface area contributed by atoms with Gasteiger partial charge in [-0.05, 0) is 25.5 Å². The molecule has 0 fully saturated rings. The summed E-state index contributed by atoms with van der Waals surface area (Å²) in [6.07, 6.45) is 2.19. The summed E-state index contributed by atoms with van der Waals surface area (Å²) in [6, 6.07) is 8.00. The molecule has 0 bridgehead atoms. The molecule has 1 N–H and O–H groups in total. The highest BCUT2D eigenvalue weighted by molar-refractivity contribution is 5.66.